The summed E-state index contributed by atoms with van der Waals surface area (Å²) in [5.74, 6) is 0.299. The molecule has 1 fully saturated rings. The number of amides is 1. The molecule has 0 bridgehead atoms. The number of nitrogens with zero attached hydrogens (tertiary/aromatic N) is 2. The van der Waals surface area contributed by atoms with Crippen molar-refractivity contribution in [1.82, 2.24) is 9.88 Å². The zero-order valence-electron chi connectivity index (χ0n) is 13.7. The van der Waals surface area contributed by atoms with Gasteiger partial charge in [-0.1, -0.05) is 23.5 Å². The molecule has 2 aromatic heterocycles. The van der Waals surface area contributed by atoms with E-state index in [2.05, 4.69) is 40.0 Å². The largest absolute Gasteiger partial charge is 0.467 e. The molecular weight excluding hydrogens is 404 g/mol. The monoisotopic (exact) mass is 420 g/mol. The summed E-state index contributed by atoms with van der Waals surface area (Å²) >= 11 is 4.81. The summed E-state index contributed by atoms with van der Waals surface area (Å²) in [5.41, 5.74) is 2.17. The minimum Gasteiger partial charge on any atom is -0.467 e. The Kier molecular flexibility index (Phi) is 4.52. The summed E-state index contributed by atoms with van der Waals surface area (Å²) < 4.78 is 13.1. The van der Waals surface area contributed by atoms with Crippen molar-refractivity contribution in [2.24, 2.45) is 0 Å². The van der Waals surface area contributed by atoms with Crippen LogP contribution in [-0.2, 0) is 0 Å². The van der Waals surface area contributed by atoms with Crippen molar-refractivity contribution in [2.75, 3.05) is 13.1 Å². The van der Waals surface area contributed by atoms with Crippen LogP contribution in [0.3, 0.4) is 0 Å². The van der Waals surface area contributed by atoms with E-state index in [0.717, 1.165) is 28.6 Å². The molecule has 25 heavy (non-hydrogen) atoms. The van der Waals surface area contributed by atoms with Gasteiger partial charge in [-0.25, -0.2) is 4.98 Å². The Balaban J connectivity index is 1.38. The molecule has 1 aromatic carbocycles. The van der Waals surface area contributed by atoms with E-state index in [1.54, 1.807) is 23.5 Å². The molecule has 7 heteroatoms. The van der Waals surface area contributed by atoms with E-state index in [0.29, 0.717) is 28.7 Å². The Labute approximate surface area is 157 Å². The average Bonchev–Trinajstić information content (AvgIpc) is 3.22. The van der Waals surface area contributed by atoms with Crippen molar-refractivity contribution in [2.45, 2.75) is 25.9 Å². The van der Waals surface area contributed by atoms with Crippen molar-refractivity contribution >= 4 is 43.4 Å². The van der Waals surface area contributed by atoms with Gasteiger partial charge < -0.3 is 14.1 Å². The normalized spacial score (nSPS) is 15.7. The van der Waals surface area contributed by atoms with Crippen molar-refractivity contribution in [3.63, 3.8) is 0 Å². The van der Waals surface area contributed by atoms with E-state index in [1.165, 1.54) is 0 Å². The molecular formula is C18H17BrN2O3S. The molecule has 1 aliphatic rings. The van der Waals surface area contributed by atoms with E-state index in [4.69, 9.17) is 9.15 Å². The number of likely N-dealkylation sites (tertiary alicyclic amines) is 1. The van der Waals surface area contributed by atoms with E-state index < -0.39 is 0 Å². The summed E-state index contributed by atoms with van der Waals surface area (Å²) in [6, 6.07) is 9.59. The molecule has 0 aliphatic carbocycles. The van der Waals surface area contributed by atoms with Gasteiger partial charge in [0.05, 0.1) is 10.2 Å². The second-order valence-corrected chi connectivity index (χ2v) is 7.89. The van der Waals surface area contributed by atoms with Gasteiger partial charge in [-0.2, -0.15) is 0 Å². The molecule has 0 radical (unpaired) electrons. The van der Waals surface area contributed by atoms with Crippen LogP contribution < -0.4 is 4.74 Å². The summed E-state index contributed by atoms with van der Waals surface area (Å²) in [7, 11) is 0. The number of halogens is 1. The number of hydrogen-bond acceptors (Lipinski definition) is 5. The first-order chi connectivity index (χ1) is 12.1. The van der Waals surface area contributed by atoms with Gasteiger partial charge in [0.15, 0.2) is 10.4 Å². The molecule has 5 nitrogen and oxygen atoms in total. The average molecular weight is 421 g/mol. The van der Waals surface area contributed by atoms with Gasteiger partial charge in [0.25, 0.3) is 11.1 Å². The van der Waals surface area contributed by atoms with Gasteiger partial charge >= 0.3 is 0 Å². The molecule has 1 aliphatic heterocycles. The van der Waals surface area contributed by atoms with Crippen molar-refractivity contribution in [3.05, 3.63) is 46.3 Å². The third-order valence-electron chi connectivity index (χ3n) is 4.38. The number of hydrogen-bond donors (Lipinski definition) is 0. The Hall–Kier alpha value is -1.86. The van der Waals surface area contributed by atoms with Gasteiger partial charge in [-0.15, -0.1) is 0 Å². The van der Waals surface area contributed by atoms with Crippen LogP contribution in [0, 0.1) is 6.92 Å². The lowest BCUT2D eigenvalue weighted by Crippen LogP contribution is -2.41. The van der Waals surface area contributed by atoms with E-state index in [-0.39, 0.29) is 12.0 Å². The molecule has 3 heterocycles. The molecule has 1 amide bonds. The van der Waals surface area contributed by atoms with Gasteiger partial charge in [0, 0.05) is 25.9 Å². The van der Waals surface area contributed by atoms with E-state index in [9.17, 15) is 4.79 Å². The van der Waals surface area contributed by atoms with Crippen LogP contribution in [0.4, 0.5) is 0 Å². The number of carbonyl (C=O) groups excluding carboxylic acids is 1. The summed E-state index contributed by atoms with van der Waals surface area (Å²) in [6.45, 7) is 3.38. The fourth-order valence-electron chi connectivity index (χ4n) is 3.02. The van der Waals surface area contributed by atoms with Crippen LogP contribution in [0.5, 0.6) is 5.19 Å². The number of aryl methyl sites for hydroxylation is 1. The number of thiazole rings is 1. The molecule has 1 saturated heterocycles. The number of para-hydroxylation sites is 1. The SMILES string of the molecule is Cc1cccc2sc(OC3CCN(C(=O)c4ccc(Br)o4)CC3)nc12. The van der Waals surface area contributed by atoms with Crippen molar-refractivity contribution in [3.8, 4) is 5.19 Å². The molecule has 0 saturated carbocycles. The Bertz CT molecular complexity index is 912. The third kappa shape index (κ3) is 3.43. The first kappa shape index (κ1) is 16.6. The molecule has 0 spiro atoms. The van der Waals surface area contributed by atoms with Crippen molar-refractivity contribution < 1.29 is 13.9 Å². The smallest absolute Gasteiger partial charge is 0.289 e. The van der Waals surface area contributed by atoms with Crippen LogP contribution in [0.25, 0.3) is 10.2 Å². The fourth-order valence-corrected chi connectivity index (χ4v) is 4.29. The number of ether oxygens (including phenoxy) is 1. The number of aromatic nitrogens is 1. The standard InChI is InChI=1S/C18H17BrN2O3S/c1-11-3-2-4-14-16(11)20-18(25-14)23-12-7-9-21(10-8-12)17(22)13-5-6-15(19)24-13/h2-6,12H,7-10H2,1H3. The molecule has 0 atom stereocenters. The molecule has 130 valence electrons. The number of carbonyl (C=O) groups is 1. The Morgan fingerprint density at radius 1 is 1.32 bits per heavy atom. The van der Waals surface area contributed by atoms with Crippen LogP contribution >= 0.6 is 27.3 Å². The van der Waals surface area contributed by atoms with Crippen LogP contribution in [0.15, 0.2) is 39.4 Å². The van der Waals surface area contributed by atoms with Gasteiger partial charge in [0.1, 0.15) is 6.10 Å². The molecule has 3 aromatic rings. The predicted molar refractivity (Wildman–Crippen MR) is 100 cm³/mol. The summed E-state index contributed by atoms with van der Waals surface area (Å²) in [4.78, 5) is 18.8. The third-order valence-corrected chi connectivity index (χ3v) is 5.72. The van der Waals surface area contributed by atoms with Gasteiger partial charge in [-0.3, -0.25) is 4.79 Å². The second-order valence-electron chi connectivity index (χ2n) is 6.11. The number of rotatable bonds is 3. The van der Waals surface area contributed by atoms with E-state index >= 15 is 0 Å². The number of piperidine rings is 1. The van der Waals surface area contributed by atoms with Crippen molar-refractivity contribution in [1.29, 1.82) is 0 Å². The lowest BCUT2D eigenvalue weighted by atomic mass is 10.1. The zero-order chi connectivity index (χ0) is 17.4. The first-order valence-corrected chi connectivity index (χ1v) is 9.78. The first-order valence-electron chi connectivity index (χ1n) is 8.17. The number of furan rings is 1. The zero-order valence-corrected chi connectivity index (χ0v) is 16.1. The van der Waals surface area contributed by atoms with Gasteiger partial charge in [0.2, 0.25) is 0 Å². The maximum absolute atomic E-state index is 12.4. The minimum absolute atomic E-state index is 0.0697. The number of fused-ring (bicyclic) bond motifs is 1. The maximum atomic E-state index is 12.4. The molecule has 0 N–H and O–H groups in total. The Morgan fingerprint density at radius 2 is 2.12 bits per heavy atom. The topological polar surface area (TPSA) is 55.6 Å². The molecule has 0 unspecified atom stereocenters. The minimum atomic E-state index is -0.0697. The highest BCUT2D eigenvalue weighted by Gasteiger charge is 2.27. The maximum Gasteiger partial charge on any atom is 0.289 e. The number of benzene rings is 1. The summed E-state index contributed by atoms with van der Waals surface area (Å²) in [5, 5.41) is 0.712. The second kappa shape index (κ2) is 6.80. The quantitative estimate of drug-likeness (QED) is 0.618. The van der Waals surface area contributed by atoms with Crippen LogP contribution in [0.1, 0.15) is 29.0 Å². The van der Waals surface area contributed by atoms with Crippen LogP contribution in [-0.4, -0.2) is 35.0 Å². The fraction of sp³-hybridized carbons (Fsp3) is 0.333. The lowest BCUT2D eigenvalue weighted by Gasteiger charge is -2.31. The Morgan fingerprint density at radius 3 is 2.80 bits per heavy atom. The molecule has 4 rings (SSSR count). The highest BCUT2D eigenvalue weighted by atomic mass is 79.9. The van der Waals surface area contributed by atoms with Crippen LogP contribution in [0.2, 0.25) is 0 Å². The summed E-state index contributed by atoms with van der Waals surface area (Å²) in [6.07, 6.45) is 1.68. The predicted octanol–water partition coefficient (Wildman–Crippen LogP) is 4.64. The van der Waals surface area contributed by atoms with E-state index in [1.807, 2.05) is 11.0 Å². The highest BCUT2D eigenvalue weighted by Crippen LogP contribution is 2.31. The van der Waals surface area contributed by atoms with Gasteiger partial charge in [-0.05, 0) is 46.6 Å². The lowest BCUT2D eigenvalue weighted by molar-refractivity contribution is 0.0565. The highest BCUT2D eigenvalue weighted by molar-refractivity contribution is 9.10.